The molecule has 0 aliphatic heterocycles. The van der Waals surface area contributed by atoms with Gasteiger partial charge in [0.2, 0.25) is 0 Å². The molecule has 0 unspecified atom stereocenters. The van der Waals surface area contributed by atoms with Crippen LogP contribution in [0, 0.1) is 0 Å². The quantitative estimate of drug-likeness (QED) is 0.319. The van der Waals surface area contributed by atoms with Crippen LogP contribution in [-0.2, 0) is 16.8 Å². The average Bonchev–Trinajstić information content (AvgIpc) is 2.40. The van der Waals surface area contributed by atoms with Gasteiger partial charge in [-0.3, -0.25) is 0 Å². The third-order valence-electron chi connectivity index (χ3n) is 3.90. The zero-order chi connectivity index (χ0) is 18.7. The molecule has 0 saturated carbocycles. The summed E-state index contributed by atoms with van der Waals surface area (Å²) in [7, 11) is 1.86. The predicted molar refractivity (Wildman–Crippen MR) is 115 cm³/mol. The van der Waals surface area contributed by atoms with Crippen molar-refractivity contribution >= 4 is 16.5 Å². The summed E-state index contributed by atoms with van der Waals surface area (Å²) in [6, 6.07) is 3.91. The van der Waals surface area contributed by atoms with E-state index in [0.29, 0.717) is 0 Å². The Hall–Kier alpha value is 0.820. The van der Waals surface area contributed by atoms with Gasteiger partial charge in [0.05, 0.1) is 0 Å². The number of hydrogen-bond donors (Lipinski definition) is 0. The van der Waals surface area contributed by atoms with E-state index in [0.717, 1.165) is 13.1 Å². The van der Waals surface area contributed by atoms with Crippen molar-refractivity contribution in [2.24, 2.45) is 0 Å². The second kappa shape index (κ2) is 13.9. The summed E-state index contributed by atoms with van der Waals surface area (Å²) in [4.78, 5) is 11.9. The van der Waals surface area contributed by atoms with Gasteiger partial charge in [-0.2, -0.15) is 0 Å². The Labute approximate surface area is 166 Å². The topological polar surface area (TPSA) is 31.4 Å². The summed E-state index contributed by atoms with van der Waals surface area (Å²) in [6.07, 6.45) is 1.21. The Kier molecular flexibility index (Phi) is 17.2. The van der Waals surface area contributed by atoms with E-state index < -0.39 is 16.5 Å². The van der Waals surface area contributed by atoms with E-state index in [1.165, 1.54) is 24.6 Å². The fraction of sp³-hybridized carbons (Fsp3) is 1.00. The van der Waals surface area contributed by atoms with Crippen LogP contribution in [0.5, 0.6) is 0 Å². The zero-order valence-corrected chi connectivity index (χ0v) is 21.5. The molecule has 148 valence electrons. The third-order valence-corrected chi connectivity index (χ3v) is 10.2. The molecule has 0 aromatic carbocycles. The molecule has 3 nitrogen and oxygen atoms in total. The number of nitrogens with zero attached hydrogens (tertiary/aromatic N) is 3. The fourth-order valence-corrected chi connectivity index (χ4v) is 6.73. The van der Waals surface area contributed by atoms with Gasteiger partial charge in [0.25, 0.3) is 0 Å². The minimum Gasteiger partial charge on any atom is -0.665 e. The van der Waals surface area contributed by atoms with E-state index in [1.54, 1.807) is 0 Å². The van der Waals surface area contributed by atoms with E-state index >= 15 is 0 Å². The molecule has 0 heterocycles. The summed E-state index contributed by atoms with van der Waals surface area (Å²) in [5.41, 5.74) is 0.175. The van der Waals surface area contributed by atoms with Crippen LogP contribution in [0.15, 0.2) is 0 Å². The number of rotatable bonds is 9. The molecule has 0 bridgehead atoms. The van der Waals surface area contributed by atoms with E-state index in [2.05, 4.69) is 85.2 Å². The van der Waals surface area contributed by atoms with Crippen LogP contribution >= 0.6 is 0 Å². The van der Waals surface area contributed by atoms with Crippen LogP contribution < -0.4 is 0 Å². The van der Waals surface area contributed by atoms with Crippen LogP contribution in [0.3, 0.4) is 0 Å². The summed E-state index contributed by atoms with van der Waals surface area (Å²) in [5.74, 6) is 0. The largest absolute Gasteiger partial charge is 3.00 e. The monoisotopic (exact) mass is 418 g/mol. The molecule has 24 heavy (non-hydrogen) atoms. The zero-order valence-electron chi connectivity index (χ0n) is 18.4. The van der Waals surface area contributed by atoms with Gasteiger partial charge >= 0.3 is 16.8 Å². The summed E-state index contributed by atoms with van der Waals surface area (Å²) in [5, 5.41) is 0. The van der Waals surface area contributed by atoms with Crippen molar-refractivity contribution < 1.29 is 16.8 Å². The van der Waals surface area contributed by atoms with Gasteiger partial charge in [-0.05, 0) is 20.6 Å². The summed E-state index contributed by atoms with van der Waals surface area (Å²) < 4.78 is 0. The van der Waals surface area contributed by atoms with Crippen LogP contribution in [0.25, 0.3) is 9.96 Å². The van der Waals surface area contributed by atoms with Gasteiger partial charge in [0, 0.05) is 0 Å². The first-order valence-electron chi connectivity index (χ1n) is 9.38. The van der Waals surface area contributed by atoms with Crippen molar-refractivity contribution in [3.63, 3.8) is 0 Å². The van der Waals surface area contributed by atoms with Gasteiger partial charge in [-0.15, -0.1) is 12.1 Å². The summed E-state index contributed by atoms with van der Waals surface area (Å²) >= 11 is 0. The molecule has 0 aromatic rings. The Morgan fingerprint density at radius 2 is 1.29 bits per heavy atom. The molecule has 0 N–H and O–H groups in total. The maximum atomic E-state index is 5.03. The van der Waals surface area contributed by atoms with E-state index in [-0.39, 0.29) is 22.3 Å². The molecule has 0 fully saturated rings. The van der Waals surface area contributed by atoms with Crippen molar-refractivity contribution in [3.8, 4) is 0 Å². The Bertz CT molecular complexity index is 275. The SMILES string of the molecule is CC[Si](CC)(CC)[N-]C(C)(C)C.CN(C)CCC[N-][Si](C)(C)C.[Co+3]. The normalized spacial score (nSPS) is 12.5. The maximum absolute atomic E-state index is 5.03. The first kappa shape index (κ1) is 29.6. The van der Waals surface area contributed by atoms with Crippen LogP contribution in [0.1, 0.15) is 48.0 Å². The van der Waals surface area contributed by atoms with Crippen LogP contribution in [-0.4, -0.2) is 54.1 Å². The Morgan fingerprint density at radius 3 is 1.50 bits per heavy atom. The average molecular weight is 419 g/mol. The van der Waals surface area contributed by atoms with Crippen molar-refractivity contribution in [3.05, 3.63) is 9.96 Å². The molecule has 0 rings (SSSR count). The Morgan fingerprint density at radius 1 is 0.875 bits per heavy atom. The van der Waals surface area contributed by atoms with E-state index in [9.17, 15) is 0 Å². The maximum Gasteiger partial charge on any atom is 3.00 e. The molecule has 0 aliphatic carbocycles. The minimum atomic E-state index is -1.23. The molecule has 0 aliphatic rings. The molecule has 0 saturated heterocycles. The van der Waals surface area contributed by atoms with Gasteiger partial charge in [0.1, 0.15) is 0 Å². The Balaban J connectivity index is -0.000000354. The molecule has 6 heteroatoms. The van der Waals surface area contributed by atoms with Crippen molar-refractivity contribution in [2.45, 2.75) is 91.3 Å². The molecule has 0 radical (unpaired) electrons. The molecule has 0 atom stereocenters. The van der Waals surface area contributed by atoms with E-state index in [1.807, 2.05) is 0 Å². The molecular formula is C18H45CoN3Si2+. The molecule has 0 amide bonds. The minimum absolute atomic E-state index is 0. The van der Waals surface area contributed by atoms with Gasteiger partial charge in [-0.25, -0.2) is 0 Å². The first-order chi connectivity index (χ1) is 10.3. The second-order valence-corrected chi connectivity index (χ2v) is 18.2. The van der Waals surface area contributed by atoms with Crippen molar-refractivity contribution in [1.82, 2.24) is 4.90 Å². The van der Waals surface area contributed by atoms with Crippen LogP contribution in [0.4, 0.5) is 0 Å². The van der Waals surface area contributed by atoms with E-state index in [4.69, 9.17) is 4.98 Å². The van der Waals surface area contributed by atoms with Crippen molar-refractivity contribution in [1.29, 1.82) is 0 Å². The number of hydrogen-bond acceptors (Lipinski definition) is 1. The molecule has 0 spiro atoms. The van der Waals surface area contributed by atoms with Gasteiger partial charge in [-0.1, -0.05) is 102 Å². The molecular weight excluding hydrogens is 373 g/mol. The van der Waals surface area contributed by atoms with Gasteiger partial charge < -0.3 is 14.9 Å². The summed E-state index contributed by atoms with van der Waals surface area (Å²) in [6.45, 7) is 22.6. The van der Waals surface area contributed by atoms with Crippen LogP contribution in [0.2, 0.25) is 37.8 Å². The van der Waals surface area contributed by atoms with Gasteiger partial charge in [0.15, 0.2) is 0 Å². The fourth-order valence-electron chi connectivity index (χ4n) is 2.50. The first-order valence-corrected chi connectivity index (χ1v) is 15.4. The molecule has 0 aromatic heterocycles. The smallest absolute Gasteiger partial charge is 0.665 e. The second-order valence-electron chi connectivity index (χ2n) is 8.78. The van der Waals surface area contributed by atoms with Crippen molar-refractivity contribution in [2.75, 3.05) is 27.2 Å². The standard InChI is InChI=1S/C10H24NSi.C8H21N2Si.Co/c1-7-12(8-2,9-3)11-10(4,5)6;1-10(2)8-6-7-9-11(3,4)5;/h7-9H2,1-6H3;6-8H2,1-5H3;/q2*-1;+3. The predicted octanol–water partition coefficient (Wildman–Crippen LogP) is 6.31. The third kappa shape index (κ3) is 19.1.